The number of carbonyl (C=O) groups excluding carboxylic acids is 1. The second-order valence-electron chi connectivity index (χ2n) is 6.57. The van der Waals surface area contributed by atoms with Gasteiger partial charge >= 0.3 is 6.18 Å². The first-order valence-electron chi connectivity index (χ1n) is 8.22. The van der Waals surface area contributed by atoms with E-state index in [0.717, 1.165) is 31.7 Å². The molecule has 2 aliphatic heterocycles. The van der Waals surface area contributed by atoms with Crippen molar-refractivity contribution in [2.75, 3.05) is 0 Å². The number of benzene rings is 1. The zero-order valence-corrected chi connectivity index (χ0v) is 14.6. The molecule has 1 amide bonds. The molecule has 4 nitrogen and oxygen atoms in total. The third-order valence-electron chi connectivity index (χ3n) is 4.68. The quantitative estimate of drug-likeness (QED) is 0.845. The average Bonchev–Trinajstić information content (AvgIpc) is 2.85. The molecule has 0 aromatic heterocycles. The van der Waals surface area contributed by atoms with Crippen molar-refractivity contribution in [3.63, 3.8) is 0 Å². The summed E-state index contributed by atoms with van der Waals surface area (Å²) < 4.78 is 44.2. The number of amides is 1. The van der Waals surface area contributed by atoms with Crippen LogP contribution in [0.3, 0.4) is 0 Å². The Morgan fingerprint density at radius 2 is 1.84 bits per heavy atom. The third-order valence-corrected chi connectivity index (χ3v) is 4.68. The van der Waals surface area contributed by atoms with Crippen LogP contribution in [-0.4, -0.2) is 30.1 Å². The number of rotatable bonds is 4. The lowest BCUT2D eigenvalue weighted by molar-refractivity contribution is -0.140. The summed E-state index contributed by atoms with van der Waals surface area (Å²) in [5.41, 5.74) is -0.871. The molecule has 0 radical (unpaired) electrons. The van der Waals surface area contributed by atoms with E-state index < -0.39 is 17.8 Å². The molecule has 1 aromatic carbocycles. The number of ether oxygens (including phenoxy) is 1. The molecule has 2 aliphatic rings. The van der Waals surface area contributed by atoms with Gasteiger partial charge in [0.2, 0.25) is 0 Å². The first kappa shape index (κ1) is 19.8. The predicted octanol–water partition coefficient (Wildman–Crippen LogP) is 3.29. The van der Waals surface area contributed by atoms with Crippen LogP contribution in [0.15, 0.2) is 24.3 Å². The molecule has 0 aliphatic carbocycles. The summed E-state index contributed by atoms with van der Waals surface area (Å²) in [6, 6.07) is 5.85. The van der Waals surface area contributed by atoms with Gasteiger partial charge in [0.1, 0.15) is 5.75 Å². The van der Waals surface area contributed by atoms with Crippen molar-refractivity contribution in [3.05, 3.63) is 29.8 Å². The number of para-hydroxylation sites is 1. The maximum Gasteiger partial charge on any atom is 0.419 e. The lowest BCUT2D eigenvalue weighted by Crippen LogP contribution is -2.50. The zero-order valence-electron chi connectivity index (χ0n) is 13.8. The summed E-state index contributed by atoms with van der Waals surface area (Å²) in [6.07, 6.45) is -1.56. The topological polar surface area (TPSA) is 50.4 Å². The number of hydrogen-bond acceptors (Lipinski definition) is 3. The smallest absolute Gasteiger partial charge is 0.419 e. The van der Waals surface area contributed by atoms with Crippen LogP contribution in [0.2, 0.25) is 0 Å². The van der Waals surface area contributed by atoms with Crippen LogP contribution in [0.1, 0.15) is 38.2 Å². The van der Waals surface area contributed by atoms with Gasteiger partial charge in [-0.15, -0.1) is 12.4 Å². The second-order valence-corrected chi connectivity index (χ2v) is 6.57. The monoisotopic (exact) mass is 378 g/mol. The van der Waals surface area contributed by atoms with Crippen molar-refractivity contribution in [2.45, 2.75) is 63.0 Å². The number of fused-ring (bicyclic) bond motifs is 2. The standard InChI is InChI=1S/C17H21F3N2O2.ClH/c1-10(24-15-5-3-2-4-14(15)17(18,19)20)16(23)22-13-8-11-6-7-12(9-13)21-11;/h2-5,10-13,21H,6-9H2,1H3,(H,22,23);1H. The number of hydrogen-bond donors (Lipinski definition) is 2. The molecule has 140 valence electrons. The van der Waals surface area contributed by atoms with Gasteiger partial charge in [-0.1, -0.05) is 12.1 Å². The number of carbonyl (C=O) groups is 1. The van der Waals surface area contributed by atoms with Crippen LogP contribution in [0.4, 0.5) is 13.2 Å². The second kappa shape index (κ2) is 7.83. The van der Waals surface area contributed by atoms with Crippen molar-refractivity contribution in [1.82, 2.24) is 10.6 Å². The molecule has 2 N–H and O–H groups in total. The van der Waals surface area contributed by atoms with Crippen LogP contribution < -0.4 is 15.4 Å². The van der Waals surface area contributed by atoms with Gasteiger partial charge in [-0.05, 0) is 44.7 Å². The van der Waals surface area contributed by atoms with Crippen LogP contribution in [-0.2, 0) is 11.0 Å². The molecular formula is C17H22ClF3N2O2. The highest BCUT2D eigenvalue weighted by molar-refractivity contribution is 5.85. The Labute approximate surface area is 150 Å². The molecular weight excluding hydrogens is 357 g/mol. The maximum absolute atomic E-state index is 13.0. The van der Waals surface area contributed by atoms with E-state index in [1.54, 1.807) is 0 Å². The minimum absolute atomic E-state index is 0. The normalized spacial score (nSPS) is 26.5. The number of alkyl halides is 3. The van der Waals surface area contributed by atoms with Crippen molar-refractivity contribution in [1.29, 1.82) is 0 Å². The number of piperidine rings is 1. The van der Waals surface area contributed by atoms with Crippen molar-refractivity contribution < 1.29 is 22.7 Å². The van der Waals surface area contributed by atoms with E-state index in [1.165, 1.54) is 25.1 Å². The SMILES string of the molecule is CC(Oc1ccccc1C(F)(F)F)C(=O)NC1CC2CCC(C1)N2.Cl. The highest BCUT2D eigenvalue weighted by Gasteiger charge is 2.36. The van der Waals surface area contributed by atoms with Gasteiger partial charge in [0.05, 0.1) is 5.56 Å². The first-order valence-corrected chi connectivity index (χ1v) is 8.22. The van der Waals surface area contributed by atoms with E-state index in [2.05, 4.69) is 10.6 Å². The van der Waals surface area contributed by atoms with Crippen LogP contribution in [0.5, 0.6) is 5.75 Å². The van der Waals surface area contributed by atoms with E-state index in [1.807, 2.05) is 0 Å². The predicted molar refractivity (Wildman–Crippen MR) is 89.9 cm³/mol. The molecule has 2 fully saturated rings. The van der Waals surface area contributed by atoms with Crippen molar-refractivity contribution in [3.8, 4) is 5.75 Å². The average molecular weight is 379 g/mol. The van der Waals surface area contributed by atoms with Gasteiger partial charge in [-0.2, -0.15) is 13.2 Å². The lowest BCUT2D eigenvalue weighted by Gasteiger charge is -2.30. The molecule has 3 atom stereocenters. The zero-order chi connectivity index (χ0) is 17.3. The molecule has 3 rings (SSSR count). The number of halogens is 4. The molecule has 2 saturated heterocycles. The number of nitrogens with one attached hydrogen (secondary N) is 2. The molecule has 3 unspecified atom stereocenters. The summed E-state index contributed by atoms with van der Waals surface area (Å²) in [5, 5.41) is 6.39. The Kier molecular flexibility index (Phi) is 6.21. The fourth-order valence-electron chi connectivity index (χ4n) is 3.54. The van der Waals surface area contributed by atoms with Gasteiger partial charge in [-0.3, -0.25) is 4.79 Å². The Balaban J connectivity index is 0.00000225. The summed E-state index contributed by atoms with van der Waals surface area (Å²) in [4.78, 5) is 12.3. The van der Waals surface area contributed by atoms with E-state index in [0.29, 0.717) is 12.1 Å². The minimum atomic E-state index is -4.51. The summed E-state index contributed by atoms with van der Waals surface area (Å²) in [7, 11) is 0. The van der Waals surface area contributed by atoms with Gasteiger partial charge < -0.3 is 15.4 Å². The maximum atomic E-state index is 13.0. The lowest BCUT2D eigenvalue weighted by atomic mass is 9.99. The van der Waals surface area contributed by atoms with E-state index in [9.17, 15) is 18.0 Å². The largest absolute Gasteiger partial charge is 0.480 e. The molecule has 1 aromatic rings. The van der Waals surface area contributed by atoms with E-state index in [4.69, 9.17) is 4.74 Å². The van der Waals surface area contributed by atoms with Crippen molar-refractivity contribution >= 4 is 18.3 Å². The molecule has 0 saturated carbocycles. The van der Waals surface area contributed by atoms with E-state index >= 15 is 0 Å². The Hall–Kier alpha value is -1.47. The molecule has 2 bridgehead atoms. The molecule has 2 heterocycles. The van der Waals surface area contributed by atoms with Crippen molar-refractivity contribution in [2.24, 2.45) is 0 Å². The molecule has 8 heteroatoms. The fourth-order valence-corrected chi connectivity index (χ4v) is 3.54. The van der Waals surface area contributed by atoms with Crippen LogP contribution in [0, 0.1) is 0 Å². The summed E-state index contributed by atoms with van der Waals surface area (Å²) in [6.45, 7) is 1.47. The first-order chi connectivity index (χ1) is 11.3. The Morgan fingerprint density at radius 3 is 2.44 bits per heavy atom. The highest BCUT2D eigenvalue weighted by atomic mass is 35.5. The van der Waals surface area contributed by atoms with Crippen LogP contribution >= 0.6 is 12.4 Å². The van der Waals surface area contributed by atoms with Gasteiger partial charge in [0.25, 0.3) is 5.91 Å². The fraction of sp³-hybridized carbons (Fsp3) is 0.588. The summed E-state index contributed by atoms with van der Waals surface area (Å²) >= 11 is 0. The Bertz CT molecular complexity index is 600. The van der Waals surface area contributed by atoms with Gasteiger partial charge in [-0.25, -0.2) is 0 Å². The van der Waals surface area contributed by atoms with Gasteiger partial charge in [0, 0.05) is 18.1 Å². The minimum Gasteiger partial charge on any atom is -0.480 e. The summed E-state index contributed by atoms with van der Waals surface area (Å²) in [5.74, 6) is -0.698. The molecule has 0 spiro atoms. The van der Waals surface area contributed by atoms with Gasteiger partial charge in [0.15, 0.2) is 6.10 Å². The highest BCUT2D eigenvalue weighted by Crippen LogP contribution is 2.36. The third kappa shape index (κ3) is 4.79. The Morgan fingerprint density at radius 1 is 1.24 bits per heavy atom. The van der Waals surface area contributed by atoms with Crippen LogP contribution in [0.25, 0.3) is 0 Å². The van der Waals surface area contributed by atoms with E-state index in [-0.39, 0.29) is 30.1 Å². The molecule has 25 heavy (non-hydrogen) atoms.